The number of anilines is 2. The zero-order valence-corrected chi connectivity index (χ0v) is 21.9. The molecule has 4 aromatic carbocycles. The zero-order valence-electron chi connectivity index (χ0n) is 34.9. The number of aromatic nitrogens is 4. The molecule has 1 fully saturated rings. The van der Waals surface area contributed by atoms with E-state index >= 15 is 0 Å². The molecule has 2 aromatic heterocycles. The lowest BCUT2D eigenvalue weighted by Crippen LogP contribution is -2.55. The van der Waals surface area contributed by atoms with Crippen molar-refractivity contribution in [2.75, 3.05) is 4.90 Å². The molecule has 196 valence electrons. The Bertz CT molecular complexity index is 2520. The monoisotopic (exact) mass is 534 g/mol. The Hall–Kier alpha value is -4.51. The zero-order chi connectivity index (χ0) is 38.2. The van der Waals surface area contributed by atoms with Crippen LogP contribution in [-0.4, -0.2) is 25.1 Å². The smallest absolute Gasteiger partial charge is 0.240 e. The van der Waals surface area contributed by atoms with E-state index in [4.69, 9.17) is 27.8 Å². The van der Waals surface area contributed by atoms with Crippen LogP contribution < -0.4 is 4.90 Å². The Morgan fingerprint density at radius 3 is 2.08 bits per heavy atom. The van der Waals surface area contributed by atoms with Crippen LogP contribution in [0.15, 0.2) is 103 Å². The molecule has 0 N–H and O–H groups in total. The van der Waals surface area contributed by atoms with Gasteiger partial charge in [0.25, 0.3) is 0 Å². The molecule has 0 amide bonds. The third-order valence-electron chi connectivity index (χ3n) is 8.78. The molecule has 1 aliphatic heterocycles. The maximum atomic E-state index is 9.02. The van der Waals surface area contributed by atoms with Crippen molar-refractivity contribution in [2.24, 2.45) is 0 Å². The van der Waals surface area contributed by atoms with Crippen molar-refractivity contribution in [3.63, 3.8) is 0 Å². The Morgan fingerprint density at radius 1 is 0.700 bits per heavy atom. The standard InChI is InChI=1S/C35H31N5/c1-34-22-12-13-23-35(34,2)40(30-21-11-8-18-27(30)34)33-37-31(24-14-4-3-5-15-24)36-32(38-33)39-28-19-9-6-16-25(28)26-17-7-10-20-29(26)39/h3-11,14-21H,12-13,22-23H2,1-2H3/i3D,4D,5D,6D,7D,9D,10D,14D,15D,16D,17D,19D,20D. The number of benzene rings is 4. The van der Waals surface area contributed by atoms with E-state index in [1.165, 1.54) is 0 Å². The van der Waals surface area contributed by atoms with Crippen molar-refractivity contribution < 1.29 is 17.8 Å². The van der Waals surface area contributed by atoms with Crippen molar-refractivity contribution in [2.45, 2.75) is 50.5 Å². The van der Waals surface area contributed by atoms with Crippen molar-refractivity contribution in [3.05, 3.63) is 108 Å². The van der Waals surface area contributed by atoms with Gasteiger partial charge in [0.15, 0.2) is 5.82 Å². The van der Waals surface area contributed by atoms with Crippen molar-refractivity contribution in [1.29, 1.82) is 0 Å². The number of hydrogen-bond donors (Lipinski definition) is 0. The molecule has 40 heavy (non-hydrogen) atoms. The minimum atomic E-state index is -0.627. The van der Waals surface area contributed by atoms with Crippen molar-refractivity contribution in [1.82, 2.24) is 19.5 Å². The fourth-order valence-electron chi connectivity index (χ4n) is 6.65. The predicted octanol–water partition coefficient (Wildman–Crippen LogP) is 8.38. The van der Waals surface area contributed by atoms with E-state index in [1.807, 2.05) is 23.1 Å². The lowest BCUT2D eigenvalue weighted by atomic mass is 9.61. The second-order valence-corrected chi connectivity index (χ2v) is 10.7. The van der Waals surface area contributed by atoms with Gasteiger partial charge in [-0.15, -0.1) is 0 Å². The van der Waals surface area contributed by atoms with Crippen LogP contribution in [0.25, 0.3) is 39.1 Å². The molecule has 0 radical (unpaired) electrons. The van der Waals surface area contributed by atoms with E-state index in [1.54, 1.807) is 0 Å². The summed E-state index contributed by atoms with van der Waals surface area (Å²) in [5.74, 6) is -0.643. The topological polar surface area (TPSA) is 46.8 Å². The van der Waals surface area contributed by atoms with Crippen molar-refractivity contribution >= 4 is 33.4 Å². The average Bonchev–Trinajstić information content (AvgIpc) is 3.61. The molecule has 0 saturated heterocycles. The molecule has 0 bridgehead atoms. The van der Waals surface area contributed by atoms with Gasteiger partial charge in [0, 0.05) is 27.4 Å². The normalized spacial score (nSPS) is 26.6. The summed E-state index contributed by atoms with van der Waals surface area (Å²) < 4.78 is 114. The van der Waals surface area contributed by atoms with Gasteiger partial charge in [0.2, 0.25) is 11.9 Å². The molecule has 8 rings (SSSR count). The highest BCUT2D eigenvalue weighted by molar-refractivity contribution is 6.09. The van der Waals surface area contributed by atoms with Crippen LogP contribution in [0.3, 0.4) is 0 Å². The van der Waals surface area contributed by atoms with E-state index in [0.29, 0.717) is 0 Å². The summed E-state index contributed by atoms with van der Waals surface area (Å²) in [5, 5.41) is -0.356. The molecule has 0 spiro atoms. The van der Waals surface area contributed by atoms with Gasteiger partial charge in [-0.2, -0.15) is 15.0 Å². The van der Waals surface area contributed by atoms with Gasteiger partial charge >= 0.3 is 0 Å². The highest BCUT2D eigenvalue weighted by Crippen LogP contribution is 2.60. The first-order chi connectivity index (χ1) is 25.0. The van der Waals surface area contributed by atoms with Crippen LogP contribution in [0.5, 0.6) is 0 Å². The summed E-state index contributed by atoms with van der Waals surface area (Å²) in [7, 11) is 0. The third kappa shape index (κ3) is 3.12. The molecule has 2 aliphatic rings. The summed E-state index contributed by atoms with van der Waals surface area (Å²) in [5.41, 5.74) is 0.0441. The van der Waals surface area contributed by atoms with E-state index in [9.17, 15) is 0 Å². The molecular weight excluding hydrogens is 490 g/mol. The molecule has 5 nitrogen and oxygen atoms in total. The number of nitrogens with zero attached hydrogens (tertiary/aromatic N) is 5. The lowest BCUT2D eigenvalue weighted by Gasteiger charge is -2.49. The first-order valence-electron chi connectivity index (χ1n) is 19.7. The Labute approximate surface area is 252 Å². The summed E-state index contributed by atoms with van der Waals surface area (Å²) in [6.07, 6.45) is 3.45. The minimum Gasteiger partial charge on any atom is -0.303 e. The molecule has 2 atom stereocenters. The van der Waals surface area contributed by atoms with Gasteiger partial charge in [-0.25, -0.2) is 0 Å². The van der Waals surface area contributed by atoms with Crippen LogP contribution in [0.1, 0.15) is 62.9 Å². The van der Waals surface area contributed by atoms with E-state index in [2.05, 4.69) is 24.9 Å². The number of hydrogen-bond acceptors (Lipinski definition) is 4. The van der Waals surface area contributed by atoms with Gasteiger partial charge in [0.05, 0.1) is 34.4 Å². The molecule has 6 aromatic rings. The second-order valence-electron chi connectivity index (χ2n) is 10.7. The quantitative estimate of drug-likeness (QED) is 0.229. The van der Waals surface area contributed by atoms with Crippen LogP contribution in [-0.2, 0) is 5.41 Å². The van der Waals surface area contributed by atoms with Gasteiger partial charge in [-0.3, -0.25) is 4.57 Å². The first-order valence-corrected chi connectivity index (χ1v) is 13.2. The molecule has 1 aliphatic carbocycles. The largest absolute Gasteiger partial charge is 0.303 e. The fourth-order valence-corrected chi connectivity index (χ4v) is 6.65. The van der Waals surface area contributed by atoms with E-state index in [-0.39, 0.29) is 50.5 Å². The fraction of sp³-hybridized carbons (Fsp3) is 0.229. The van der Waals surface area contributed by atoms with Crippen LogP contribution in [0.4, 0.5) is 11.6 Å². The Balaban J connectivity index is 1.58. The number of fused-ring (bicyclic) bond motifs is 6. The second kappa shape index (κ2) is 8.49. The minimum absolute atomic E-state index is 0.0223. The highest BCUT2D eigenvalue weighted by Gasteiger charge is 2.58. The van der Waals surface area contributed by atoms with Crippen molar-refractivity contribution in [3.8, 4) is 17.3 Å². The summed E-state index contributed by atoms with van der Waals surface area (Å²) >= 11 is 0. The molecule has 3 heterocycles. The average molecular weight is 535 g/mol. The summed E-state index contributed by atoms with van der Waals surface area (Å²) in [6.45, 7) is 4.29. The van der Waals surface area contributed by atoms with Gasteiger partial charge < -0.3 is 4.90 Å². The van der Waals surface area contributed by atoms with Crippen LogP contribution >= 0.6 is 0 Å². The maximum Gasteiger partial charge on any atom is 0.240 e. The van der Waals surface area contributed by atoms with Gasteiger partial charge in [0.1, 0.15) is 0 Å². The lowest BCUT2D eigenvalue weighted by molar-refractivity contribution is 0.193. The van der Waals surface area contributed by atoms with Crippen LogP contribution in [0.2, 0.25) is 0 Å². The predicted molar refractivity (Wildman–Crippen MR) is 162 cm³/mol. The Morgan fingerprint density at radius 2 is 1.32 bits per heavy atom. The first kappa shape index (κ1) is 13.7. The molecule has 5 heteroatoms. The van der Waals surface area contributed by atoms with E-state index < -0.39 is 84.1 Å². The molecular formula is C35H31N5. The summed E-state index contributed by atoms with van der Waals surface area (Å²) in [6, 6.07) is 0.154. The third-order valence-corrected chi connectivity index (χ3v) is 8.78. The van der Waals surface area contributed by atoms with E-state index in [0.717, 1.165) is 41.5 Å². The SMILES string of the molecule is [2H]c1c([2H])c([2H])c(-c2nc(N3c4ccccc4C4(C)CCCCC34C)nc(-n3c4c([2H])c([2H])c([2H])c([2H])c4c4c([2H])c([2H])c([2H])c([2H])c43)n2)c([2H])c1[2H]. The Kier molecular flexibility index (Phi) is 2.91. The summed E-state index contributed by atoms with van der Waals surface area (Å²) in [4.78, 5) is 16.3. The number of rotatable bonds is 3. The van der Waals surface area contributed by atoms with Crippen LogP contribution in [0, 0.1) is 0 Å². The highest BCUT2D eigenvalue weighted by atomic mass is 15.4. The van der Waals surface area contributed by atoms with Gasteiger partial charge in [-0.05, 0) is 43.5 Å². The molecule has 1 saturated carbocycles. The molecule has 2 unspecified atom stereocenters. The maximum absolute atomic E-state index is 9.02. The number of para-hydroxylation sites is 3. The van der Waals surface area contributed by atoms with Gasteiger partial charge in [-0.1, -0.05) is 104 Å².